The monoisotopic (exact) mass is 469 g/mol. The van der Waals surface area contributed by atoms with Crippen LogP contribution in [0.4, 0.5) is 0 Å². The van der Waals surface area contributed by atoms with E-state index in [-0.39, 0.29) is 17.8 Å². The average molecular weight is 470 g/mol. The van der Waals surface area contributed by atoms with Gasteiger partial charge in [0.1, 0.15) is 11.8 Å². The smallest absolute Gasteiger partial charge is 0.305 e. The second kappa shape index (κ2) is 8.07. The lowest BCUT2D eigenvalue weighted by Gasteiger charge is -2.58. The molecule has 1 spiro atoms. The number of nitrogens with one attached hydrogen (secondary N) is 1. The van der Waals surface area contributed by atoms with E-state index in [0.29, 0.717) is 35.2 Å². The van der Waals surface area contributed by atoms with Crippen LogP contribution in [0.5, 0.6) is 0 Å². The Labute approximate surface area is 207 Å². The largest absolute Gasteiger partial charge is 0.462 e. The minimum atomic E-state index is -0.0629. The highest BCUT2D eigenvalue weighted by atomic mass is 16.5. The van der Waals surface area contributed by atoms with E-state index in [9.17, 15) is 4.79 Å². The Morgan fingerprint density at radius 2 is 1.97 bits per heavy atom. The van der Waals surface area contributed by atoms with Gasteiger partial charge in [0.05, 0.1) is 6.10 Å². The molecule has 11 atom stereocenters. The van der Waals surface area contributed by atoms with Gasteiger partial charge < -0.3 is 9.47 Å². The number of piperidine rings is 1. The number of carbonyl (C=O) groups excluding carboxylic acids is 1. The van der Waals surface area contributed by atoms with E-state index >= 15 is 0 Å². The molecule has 6 rings (SSSR count). The molecule has 4 nitrogen and oxygen atoms in total. The molecule has 0 amide bonds. The van der Waals surface area contributed by atoms with Crippen LogP contribution in [-0.4, -0.2) is 30.4 Å². The molecule has 1 N–H and O–H groups in total. The fourth-order valence-electron chi connectivity index (χ4n) is 10.2. The fourth-order valence-corrected chi connectivity index (χ4v) is 10.2. The molecule has 190 valence electrons. The van der Waals surface area contributed by atoms with Gasteiger partial charge in [-0.15, -0.1) is 0 Å². The molecule has 0 aromatic heterocycles. The first-order valence-electron chi connectivity index (χ1n) is 14.5. The third kappa shape index (κ3) is 3.26. The molecule has 0 radical (unpaired) electrons. The number of esters is 1. The number of ether oxygens (including phenoxy) is 2. The molecule has 0 bridgehead atoms. The van der Waals surface area contributed by atoms with Gasteiger partial charge in [-0.2, -0.15) is 0 Å². The van der Waals surface area contributed by atoms with Crippen LogP contribution in [0.1, 0.15) is 98.8 Å². The van der Waals surface area contributed by atoms with E-state index in [1.165, 1.54) is 44.9 Å². The summed E-state index contributed by atoms with van der Waals surface area (Å²) in [6.07, 6.45) is 14.5. The molecule has 5 fully saturated rings. The third-order valence-corrected chi connectivity index (χ3v) is 12.1. The van der Waals surface area contributed by atoms with E-state index in [1.54, 1.807) is 5.57 Å². The van der Waals surface area contributed by atoms with Crippen molar-refractivity contribution in [2.45, 2.75) is 117 Å². The first-order valence-corrected chi connectivity index (χ1v) is 14.5. The van der Waals surface area contributed by atoms with Crippen LogP contribution < -0.4 is 5.32 Å². The minimum Gasteiger partial charge on any atom is -0.462 e. The molecule has 6 aliphatic rings. The molecular formula is C30H47NO3. The highest BCUT2D eigenvalue weighted by molar-refractivity contribution is 5.69. The minimum absolute atomic E-state index is 0.0392. The molecule has 2 aliphatic heterocycles. The molecule has 0 unspecified atom stereocenters. The van der Waals surface area contributed by atoms with Crippen LogP contribution in [0.2, 0.25) is 0 Å². The van der Waals surface area contributed by atoms with Crippen molar-refractivity contribution in [1.82, 2.24) is 5.32 Å². The lowest BCUT2D eigenvalue weighted by molar-refractivity contribution is -0.151. The Bertz CT molecular complexity index is 859. The summed E-state index contributed by atoms with van der Waals surface area (Å²) in [5, 5.41) is 3.89. The van der Waals surface area contributed by atoms with Crippen molar-refractivity contribution in [3.8, 4) is 0 Å². The molecule has 4 aliphatic carbocycles. The third-order valence-electron chi connectivity index (χ3n) is 12.1. The van der Waals surface area contributed by atoms with Gasteiger partial charge in [-0.3, -0.25) is 10.1 Å². The van der Waals surface area contributed by atoms with E-state index in [4.69, 9.17) is 9.47 Å². The van der Waals surface area contributed by atoms with Crippen LogP contribution in [0.3, 0.4) is 0 Å². The maximum absolute atomic E-state index is 11.9. The molecule has 2 saturated heterocycles. The summed E-state index contributed by atoms with van der Waals surface area (Å²) >= 11 is 0. The number of rotatable bonds is 2. The quantitative estimate of drug-likeness (QED) is 0.384. The van der Waals surface area contributed by atoms with Gasteiger partial charge in [0.25, 0.3) is 0 Å². The van der Waals surface area contributed by atoms with Crippen LogP contribution in [0, 0.1) is 46.3 Å². The Balaban J connectivity index is 1.22. The number of fused-ring (bicyclic) bond motifs is 7. The summed E-state index contributed by atoms with van der Waals surface area (Å²) in [6.45, 7) is 13.1. The Kier molecular flexibility index (Phi) is 5.58. The zero-order chi connectivity index (χ0) is 23.9. The first kappa shape index (κ1) is 23.5. The number of hydrogen-bond acceptors (Lipinski definition) is 4. The van der Waals surface area contributed by atoms with E-state index in [0.717, 1.165) is 43.1 Å². The standard InChI is InChI=1S/C30H47NO3/c1-6-26(32)33-21-10-12-28(4)20(15-21)7-8-22-23(28)11-13-29(5)24(22)16-25-27(29)19(3)30(34-25)14-9-18(2)17-31-30/h7,18-19,21-25,27,31H,6,8-17H2,1-5H3/t18-,19-,21-,22+,23+,24-,25-,27-,28-,29-,30+/m0/s1. The van der Waals surface area contributed by atoms with Crippen LogP contribution in [-0.2, 0) is 14.3 Å². The SMILES string of the molecule is CCC(=O)O[C@H]1CC[C@@]2(C)C(=CC[C@@H]3[C@H]2CC[C@]2(C)[C@@H]4[C@H](C[C@@H]32)O[C@]2(CC[C@H](C)CN2)[C@H]4C)C1. The van der Waals surface area contributed by atoms with Gasteiger partial charge in [0, 0.05) is 25.3 Å². The lowest BCUT2D eigenvalue weighted by Crippen LogP contribution is -2.57. The zero-order valence-corrected chi connectivity index (χ0v) is 22.2. The molecule has 2 heterocycles. The fraction of sp³-hybridized carbons (Fsp3) is 0.900. The topological polar surface area (TPSA) is 47.6 Å². The van der Waals surface area contributed by atoms with Crippen molar-refractivity contribution in [1.29, 1.82) is 0 Å². The van der Waals surface area contributed by atoms with Gasteiger partial charge in [-0.05, 0) is 91.8 Å². The molecule has 4 heteroatoms. The summed E-state index contributed by atoms with van der Waals surface area (Å²) in [7, 11) is 0. The van der Waals surface area contributed by atoms with Crippen molar-refractivity contribution in [2.75, 3.05) is 6.54 Å². The molecule has 3 saturated carbocycles. The Morgan fingerprint density at radius 3 is 2.71 bits per heavy atom. The summed E-state index contributed by atoms with van der Waals surface area (Å²) in [4.78, 5) is 11.9. The van der Waals surface area contributed by atoms with Crippen LogP contribution >= 0.6 is 0 Å². The Hall–Kier alpha value is -0.870. The van der Waals surface area contributed by atoms with E-state index < -0.39 is 0 Å². The maximum atomic E-state index is 11.9. The summed E-state index contributed by atoms with van der Waals surface area (Å²) < 4.78 is 12.8. The predicted molar refractivity (Wildman–Crippen MR) is 134 cm³/mol. The van der Waals surface area contributed by atoms with Gasteiger partial charge in [-0.25, -0.2) is 0 Å². The van der Waals surface area contributed by atoms with Crippen molar-refractivity contribution >= 4 is 5.97 Å². The van der Waals surface area contributed by atoms with Crippen molar-refractivity contribution in [2.24, 2.45) is 46.3 Å². The van der Waals surface area contributed by atoms with E-state index in [1.807, 2.05) is 6.92 Å². The number of allylic oxidation sites excluding steroid dienone is 1. The summed E-state index contributed by atoms with van der Waals surface area (Å²) in [5.74, 6) is 4.39. The normalized spacial score (nSPS) is 54.0. The maximum Gasteiger partial charge on any atom is 0.305 e. The van der Waals surface area contributed by atoms with Gasteiger partial charge in [0.15, 0.2) is 0 Å². The first-order chi connectivity index (χ1) is 16.2. The Morgan fingerprint density at radius 1 is 1.15 bits per heavy atom. The molecule has 0 aromatic rings. The lowest BCUT2D eigenvalue weighted by atomic mass is 9.47. The second-order valence-electron chi connectivity index (χ2n) is 13.6. The molecular weight excluding hydrogens is 422 g/mol. The number of carbonyl (C=O) groups is 1. The zero-order valence-electron chi connectivity index (χ0n) is 22.2. The van der Waals surface area contributed by atoms with E-state index in [2.05, 4.69) is 39.1 Å². The van der Waals surface area contributed by atoms with Crippen molar-refractivity contribution in [3.05, 3.63) is 11.6 Å². The summed E-state index contributed by atoms with van der Waals surface area (Å²) in [6, 6.07) is 0. The molecule has 34 heavy (non-hydrogen) atoms. The van der Waals surface area contributed by atoms with Crippen LogP contribution in [0.15, 0.2) is 11.6 Å². The van der Waals surface area contributed by atoms with Crippen molar-refractivity contribution in [3.63, 3.8) is 0 Å². The van der Waals surface area contributed by atoms with Crippen LogP contribution in [0.25, 0.3) is 0 Å². The molecule has 0 aromatic carbocycles. The highest BCUT2D eigenvalue weighted by Crippen LogP contribution is 2.70. The van der Waals surface area contributed by atoms with Gasteiger partial charge in [-0.1, -0.05) is 46.3 Å². The second-order valence-corrected chi connectivity index (χ2v) is 13.6. The predicted octanol–water partition coefficient (Wildman–Crippen LogP) is 6.25. The van der Waals surface area contributed by atoms with Crippen molar-refractivity contribution < 1.29 is 14.3 Å². The average Bonchev–Trinajstić information content (AvgIpc) is 3.26. The number of hydrogen-bond donors (Lipinski definition) is 1. The van der Waals surface area contributed by atoms with Gasteiger partial charge >= 0.3 is 5.97 Å². The summed E-state index contributed by atoms with van der Waals surface area (Å²) in [5.41, 5.74) is 2.24. The van der Waals surface area contributed by atoms with Gasteiger partial charge in [0.2, 0.25) is 0 Å². The highest BCUT2D eigenvalue weighted by Gasteiger charge is 2.68.